The molecule has 11 heteroatoms. The third-order valence-corrected chi connectivity index (χ3v) is 10.4. The van der Waals surface area contributed by atoms with Gasteiger partial charge in [-0.15, -0.1) is 0 Å². The van der Waals surface area contributed by atoms with Crippen LogP contribution in [0.25, 0.3) is 0 Å². The summed E-state index contributed by atoms with van der Waals surface area (Å²) in [5.41, 5.74) is 0.312. The number of anilines is 1. The average Bonchev–Trinajstić information content (AvgIpc) is 2.76. The lowest BCUT2D eigenvalue weighted by Gasteiger charge is -2.34. The van der Waals surface area contributed by atoms with Gasteiger partial charge in [0.1, 0.15) is 0 Å². The molecule has 3 rings (SSSR count). The van der Waals surface area contributed by atoms with Gasteiger partial charge in [0.15, 0.2) is 9.84 Å². The Morgan fingerprint density at radius 1 is 1.03 bits per heavy atom. The maximum Gasteiger partial charge on any atom is 0.264 e. The molecule has 0 saturated carbocycles. The summed E-state index contributed by atoms with van der Waals surface area (Å²) < 4.78 is 52.6. The molecule has 34 heavy (non-hydrogen) atoms. The van der Waals surface area contributed by atoms with E-state index in [1.54, 1.807) is 18.2 Å². The van der Waals surface area contributed by atoms with Crippen LogP contribution in [0.5, 0.6) is 0 Å². The van der Waals surface area contributed by atoms with Crippen LogP contribution in [0.3, 0.4) is 0 Å². The summed E-state index contributed by atoms with van der Waals surface area (Å²) in [5, 5.41) is 0.753. The molecule has 1 aliphatic rings. The Kier molecular flexibility index (Phi) is 9.20. The first-order valence-corrected chi connectivity index (χ1v) is 15.6. The van der Waals surface area contributed by atoms with Crippen molar-refractivity contribution in [2.45, 2.75) is 48.8 Å². The Labute approximate surface area is 217 Å². The average molecular weight is 568 g/mol. The second-order valence-corrected chi connectivity index (χ2v) is 14.2. The molecule has 0 N–H and O–H groups in total. The van der Waals surface area contributed by atoms with Gasteiger partial charge >= 0.3 is 0 Å². The number of likely N-dealkylation sites (tertiary alicyclic amines) is 1. The highest BCUT2D eigenvalue weighted by molar-refractivity contribution is 7.93. The van der Waals surface area contributed by atoms with Crippen molar-refractivity contribution in [2.75, 3.05) is 30.2 Å². The zero-order chi connectivity index (χ0) is 25.1. The second-order valence-electron chi connectivity index (χ2n) is 8.74. The molecule has 2 aromatic carbocycles. The molecule has 1 fully saturated rings. The zero-order valence-corrected chi connectivity index (χ0v) is 23.0. The molecule has 1 heterocycles. The van der Waals surface area contributed by atoms with Gasteiger partial charge in [0.25, 0.3) is 10.0 Å². The fraction of sp³-hybridized carbons (Fsp3) is 0.478. The zero-order valence-electron chi connectivity index (χ0n) is 19.1. The lowest BCUT2D eigenvalue weighted by atomic mass is 10.1. The SMILES string of the molecule is CC(CCCN1CCC[C@@H](S(C)(=O)=O)C1)N(c1cc(Cl)ccc1Cl)S(=O)(=O)c1ccc(Cl)cc1. The van der Waals surface area contributed by atoms with E-state index in [0.717, 1.165) is 13.0 Å². The van der Waals surface area contributed by atoms with Crippen LogP contribution in [-0.2, 0) is 19.9 Å². The monoisotopic (exact) mass is 566 g/mol. The molecule has 1 unspecified atom stereocenters. The van der Waals surface area contributed by atoms with Crippen LogP contribution in [-0.4, -0.2) is 58.9 Å². The third-order valence-electron chi connectivity index (χ3n) is 6.08. The van der Waals surface area contributed by atoms with Gasteiger partial charge in [0, 0.05) is 28.9 Å². The number of rotatable bonds is 9. The summed E-state index contributed by atoms with van der Waals surface area (Å²) in [7, 11) is -7.03. The Morgan fingerprint density at radius 3 is 2.32 bits per heavy atom. The topological polar surface area (TPSA) is 74.8 Å². The standard InChI is InChI=1S/C23H29Cl3N2O4S2/c1-17(5-3-13-27-14-4-6-21(16-27)33(2,29)30)28(23-15-19(25)9-12-22(23)26)34(31,32)20-10-7-18(24)8-11-20/h7-12,15,17,21H,3-6,13-14,16H2,1-2H3/t17?,21-/m1/s1. The normalized spacial score (nSPS) is 18.6. The van der Waals surface area contributed by atoms with Crippen molar-refractivity contribution >= 4 is 60.4 Å². The quantitative estimate of drug-likeness (QED) is 0.399. The predicted molar refractivity (Wildman–Crippen MR) is 141 cm³/mol. The molecule has 1 saturated heterocycles. The largest absolute Gasteiger partial charge is 0.302 e. The molecule has 6 nitrogen and oxygen atoms in total. The van der Waals surface area contributed by atoms with Crippen LogP contribution in [0.15, 0.2) is 47.4 Å². The van der Waals surface area contributed by atoms with Gasteiger partial charge in [-0.25, -0.2) is 16.8 Å². The highest BCUT2D eigenvalue weighted by Crippen LogP contribution is 2.35. The Balaban J connectivity index is 1.81. The minimum Gasteiger partial charge on any atom is -0.302 e. The van der Waals surface area contributed by atoms with E-state index in [9.17, 15) is 16.8 Å². The van der Waals surface area contributed by atoms with E-state index in [0.29, 0.717) is 48.1 Å². The lowest BCUT2D eigenvalue weighted by molar-refractivity contribution is 0.225. The number of sulfone groups is 1. The first kappa shape index (κ1) is 27.6. The number of hydrogen-bond donors (Lipinski definition) is 0. The van der Waals surface area contributed by atoms with Crippen LogP contribution in [0, 0.1) is 0 Å². The van der Waals surface area contributed by atoms with E-state index in [4.69, 9.17) is 34.8 Å². The fourth-order valence-electron chi connectivity index (χ4n) is 4.27. The summed E-state index contributed by atoms with van der Waals surface area (Å²) in [6.45, 7) is 3.88. The van der Waals surface area contributed by atoms with Gasteiger partial charge < -0.3 is 4.90 Å². The number of nitrogens with zero attached hydrogens (tertiary/aromatic N) is 2. The van der Waals surface area contributed by atoms with Gasteiger partial charge in [0.05, 0.1) is 20.9 Å². The number of piperidine rings is 1. The molecule has 0 aliphatic carbocycles. The third kappa shape index (κ3) is 6.80. The van der Waals surface area contributed by atoms with Crippen molar-refractivity contribution in [1.82, 2.24) is 4.90 Å². The molecule has 0 aromatic heterocycles. The summed E-state index contributed by atoms with van der Waals surface area (Å²) in [4.78, 5) is 2.25. The predicted octanol–water partition coefficient (Wildman–Crippen LogP) is 5.52. The first-order valence-electron chi connectivity index (χ1n) is 11.1. The number of sulfonamides is 1. The van der Waals surface area contributed by atoms with Gasteiger partial charge in [-0.1, -0.05) is 34.8 Å². The van der Waals surface area contributed by atoms with Crippen LogP contribution in [0.1, 0.15) is 32.6 Å². The molecule has 188 valence electrons. The van der Waals surface area contributed by atoms with Crippen molar-refractivity contribution in [3.05, 3.63) is 57.5 Å². The van der Waals surface area contributed by atoms with E-state index >= 15 is 0 Å². The maximum absolute atomic E-state index is 13.7. The Bertz CT molecular complexity index is 1210. The van der Waals surface area contributed by atoms with Crippen molar-refractivity contribution < 1.29 is 16.8 Å². The van der Waals surface area contributed by atoms with E-state index in [2.05, 4.69) is 4.90 Å². The summed E-state index contributed by atoms with van der Waals surface area (Å²) in [6.07, 6.45) is 4.06. The molecule has 0 amide bonds. The molecular formula is C23H29Cl3N2O4S2. The second kappa shape index (κ2) is 11.4. The molecule has 1 aliphatic heterocycles. The summed E-state index contributed by atoms with van der Waals surface area (Å²) >= 11 is 18.6. The smallest absolute Gasteiger partial charge is 0.264 e. The van der Waals surface area contributed by atoms with Crippen molar-refractivity contribution in [2.24, 2.45) is 0 Å². The molecular weight excluding hydrogens is 539 g/mol. The van der Waals surface area contributed by atoms with Crippen LogP contribution < -0.4 is 4.31 Å². The van der Waals surface area contributed by atoms with E-state index in [-0.39, 0.29) is 15.2 Å². The van der Waals surface area contributed by atoms with Crippen LogP contribution in [0.2, 0.25) is 15.1 Å². The lowest BCUT2D eigenvalue weighted by Crippen LogP contribution is -2.43. The minimum atomic E-state index is -3.95. The number of hydrogen-bond acceptors (Lipinski definition) is 5. The first-order chi connectivity index (χ1) is 15.9. The van der Waals surface area contributed by atoms with Crippen LogP contribution in [0.4, 0.5) is 5.69 Å². The molecule has 0 radical (unpaired) electrons. The number of benzene rings is 2. The van der Waals surface area contributed by atoms with Gasteiger partial charge in [-0.05, 0) is 88.2 Å². The Morgan fingerprint density at radius 2 is 1.68 bits per heavy atom. The molecule has 0 spiro atoms. The fourth-order valence-corrected chi connectivity index (χ4v) is 7.60. The highest BCUT2D eigenvalue weighted by Gasteiger charge is 2.32. The van der Waals surface area contributed by atoms with Gasteiger partial charge in [-0.2, -0.15) is 0 Å². The van der Waals surface area contributed by atoms with Gasteiger partial charge in [0.2, 0.25) is 0 Å². The highest BCUT2D eigenvalue weighted by atomic mass is 35.5. The molecule has 0 bridgehead atoms. The van der Waals surface area contributed by atoms with E-state index < -0.39 is 25.9 Å². The summed E-state index contributed by atoms with van der Waals surface area (Å²) in [5.74, 6) is 0. The Hall–Kier alpha value is -1.03. The summed E-state index contributed by atoms with van der Waals surface area (Å²) in [6, 6.07) is 10.3. The van der Waals surface area contributed by atoms with Gasteiger partial charge in [-0.3, -0.25) is 4.31 Å². The molecule has 2 aromatic rings. The molecule has 2 atom stereocenters. The minimum absolute atomic E-state index is 0.104. The van der Waals surface area contributed by atoms with Crippen molar-refractivity contribution in [3.63, 3.8) is 0 Å². The van der Waals surface area contributed by atoms with Crippen molar-refractivity contribution in [3.8, 4) is 0 Å². The number of halogens is 3. The van der Waals surface area contributed by atoms with Crippen molar-refractivity contribution in [1.29, 1.82) is 0 Å². The van der Waals surface area contributed by atoms with E-state index in [1.807, 2.05) is 6.92 Å². The van der Waals surface area contributed by atoms with E-state index in [1.165, 1.54) is 34.8 Å². The maximum atomic E-state index is 13.7. The van der Waals surface area contributed by atoms with Crippen LogP contribution >= 0.6 is 34.8 Å².